The maximum Gasteiger partial charge on any atom is 0.405 e. The van der Waals surface area contributed by atoms with E-state index < -0.39 is 72.3 Å². The molecule has 1 heterocycles. The van der Waals surface area contributed by atoms with E-state index in [9.17, 15) is 42.2 Å². The van der Waals surface area contributed by atoms with Gasteiger partial charge in [0.1, 0.15) is 24.2 Å². The van der Waals surface area contributed by atoms with Crippen LogP contribution in [0.4, 0.5) is 26.3 Å². The maximum atomic E-state index is 15.0. The molecule has 42 heavy (non-hydrogen) atoms. The lowest BCUT2D eigenvalue weighted by atomic mass is 9.81. The van der Waals surface area contributed by atoms with Crippen LogP contribution in [0.15, 0.2) is 36.4 Å². The lowest BCUT2D eigenvalue weighted by molar-refractivity contribution is -0.151. The number of phenols is 1. The van der Waals surface area contributed by atoms with E-state index in [-0.39, 0.29) is 28.9 Å². The van der Waals surface area contributed by atoms with E-state index in [2.05, 4.69) is 5.32 Å². The molecule has 1 fully saturated rings. The third-order valence-corrected chi connectivity index (χ3v) is 7.37. The van der Waals surface area contributed by atoms with Crippen LogP contribution in [0.2, 0.25) is 0 Å². The second-order valence-corrected chi connectivity index (χ2v) is 10.9. The highest BCUT2D eigenvalue weighted by Crippen LogP contribution is 2.48. The van der Waals surface area contributed by atoms with Gasteiger partial charge in [-0.1, -0.05) is 26.0 Å². The number of nitrogens with one attached hydrogen (secondary N) is 2. The zero-order valence-corrected chi connectivity index (χ0v) is 23.2. The lowest BCUT2D eigenvalue weighted by Gasteiger charge is -2.34. The SMILES string of the molecule is Cc1cc(O)c(C)c(C(=O)N[C@@H](Cc2cccc(F)c2)[C@H](O)C(=O)N2CC(F)(F)C(C)(C)[C@H]2C(=O)NCC(F)(F)F)c1. The largest absolute Gasteiger partial charge is 0.508 e. The number of alkyl halides is 5. The number of aliphatic hydroxyl groups is 1. The third kappa shape index (κ3) is 6.97. The predicted molar refractivity (Wildman–Crippen MR) is 138 cm³/mol. The first-order chi connectivity index (χ1) is 19.2. The minimum Gasteiger partial charge on any atom is -0.508 e. The van der Waals surface area contributed by atoms with Crippen LogP contribution in [0.3, 0.4) is 0 Å². The van der Waals surface area contributed by atoms with E-state index in [4.69, 9.17) is 0 Å². The number of phenolic OH excluding ortho intramolecular Hbond substituents is 1. The molecule has 1 aliphatic heterocycles. The van der Waals surface area contributed by atoms with Gasteiger partial charge in [0.25, 0.3) is 17.7 Å². The number of aryl methyl sites for hydroxylation is 1. The summed E-state index contributed by atoms with van der Waals surface area (Å²) in [4.78, 5) is 39.8. The average Bonchev–Trinajstić information content (AvgIpc) is 3.06. The van der Waals surface area contributed by atoms with E-state index >= 15 is 8.78 Å². The van der Waals surface area contributed by atoms with Crippen LogP contribution < -0.4 is 10.6 Å². The Labute approximate surface area is 237 Å². The Hall–Kier alpha value is -3.81. The van der Waals surface area contributed by atoms with Gasteiger partial charge in [-0.25, -0.2) is 13.2 Å². The Balaban J connectivity index is 1.98. The van der Waals surface area contributed by atoms with Crippen molar-refractivity contribution in [1.82, 2.24) is 15.5 Å². The van der Waals surface area contributed by atoms with Crippen LogP contribution in [0.1, 0.15) is 40.9 Å². The number of rotatable bonds is 8. The molecule has 2 aromatic carbocycles. The van der Waals surface area contributed by atoms with Gasteiger partial charge in [0.15, 0.2) is 6.10 Å². The van der Waals surface area contributed by atoms with Crippen molar-refractivity contribution in [3.8, 4) is 5.75 Å². The van der Waals surface area contributed by atoms with Gasteiger partial charge in [0.2, 0.25) is 5.91 Å². The van der Waals surface area contributed by atoms with Gasteiger partial charge in [0.05, 0.1) is 18.0 Å². The highest BCUT2D eigenvalue weighted by Gasteiger charge is 2.64. The fourth-order valence-corrected chi connectivity index (χ4v) is 4.88. The number of halogens is 6. The summed E-state index contributed by atoms with van der Waals surface area (Å²) < 4.78 is 82.2. The smallest absolute Gasteiger partial charge is 0.405 e. The molecule has 0 aliphatic carbocycles. The molecule has 0 aromatic heterocycles. The molecule has 2 aromatic rings. The van der Waals surface area contributed by atoms with Crippen molar-refractivity contribution in [3.63, 3.8) is 0 Å². The first kappa shape index (κ1) is 32.7. The molecule has 3 atom stereocenters. The Morgan fingerprint density at radius 3 is 2.36 bits per heavy atom. The number of carbonyl (C=O) groups is 3. The summed E-state index contributed by atoms with van der Waals surface area (Å²) in [6.45, 7) is 1.61. The number of hydrogen-bond acceptors (Lipinski definition) is 5. The standard InChI is InChI=1S/C28H31F6N3O5/c1-14-8-18(15(2)20(38)9-14)23(40)36-19(11-16-6-5-7-17(29)10-16)21(39)25(42)37-13-27(30,31)26(3,4)22(37)24(41)35-12-28(32,33)34/h5-10,19,21-22,38-39H,11-13H2,1-4H3,(H,35,41)(H,36,40)/t19-,21-,22+/m0/s1. The summed E-state index contributed by atoms with van der Waals surface area (Å²) >= 11 is 0. The Kier molecular flexibility index (Phi) is 9.20. The van der Waals surface area contributed by atoms with Crippen molar-refractivity contribution < 1.29 is 50.9 Å². The quantitative estimate of drug-likeness (QED) is 0.345. The number of hydrogen-bond donors (Lipinski definition) is 4. The molecule has 0 radical (unpaired) electrons. The molecule has 230 valence electrons. The summed E-state index contributed by atoms with van der Waals surface area (Å²) in [5.41, 5.74) is -1.52. The third-order valence-electron chi connectivity index (χ3n) is 7.37. The van der Waals surface area contributed by atoms with E-state index in [1.165, 1.54) is 36.5 Å². The molecule has 0 bridgehead atoms. The van der Waals surface area contributed by atoms with Crippen molar-refractivity contribution in [2.45, 2.75) is 64.4 Å². The second-order valence-electron chi connectivity index (χ2n) is 10.9. The Morgan fingerprint density at radius 2 is 1.76 bits per heavy atom. The Morgan fingerprint density at radius 1 is 1.12 bits per heavy atom. The fourth-order valence-electron chi connectivity index (χ4n) is 4.88. The molecule has 0 unspecified atom stereocenters. The van der Waals surface area contributed by atoms with Crippen LogP contribution >= 0.6 is 0 Å². The minimum atomic E-state index is -4.86. The summed E-state index contributed by atoms with van der Waals surface area (Å²) in [6.07, 6.45) is -7.54. The average molecular weight is 604 g/mol. The monoisotopic (exact) mass is 603 g/mol. The summed E-state index contributed by atoms with van der Waals surface area (Å²) in [7, 11) is 0. The van der Waals surface area contributed by atoms with Crippen molar-refractivity contribution in [2.75, 3.05) is 13.1 Å². The van der Waals surface area contributed by atoms with Gasteiger partial charge < -0.3 is 25.7 Å². The maximum absolute atomic E-state index is 15.0. The summed E-state index contributed by atoms with van der Waals surface area (Å²) in [6, 6.07) is 4.05. The second kappa shape index (κ2) is 11.8. The number of nitrogens with zero attached hydrogens (tertiary/aromatic N) is 1. The molecule has 4 N–H and O–H groups in total. The fraction of sp³-hybridized carbons (Fsp3) is 0.464. The normalized spacial score (nSPS) is 19.2. The highest BCUT2D eigenvalue weighted by atomic mass is 19.4. The number of aromatic hydroxyl groups is 1. The topological polar surface area (TPSA) is 119 Å². The van der Waals surface area contributed by atoms with Crippen LogP contribution in [0.25, 0.3) is 0 Å². The zero-order valence-electron chi connectivity index (χ0n) is 23.2. The first-order valence-corrected chi connectivity index (χ1v) is 12.8. The van der Waals surface area contributed by atoms with Crippen LogP contribution in [0.5, 0.6) is 5.75 Å². The molecule has 3 rings (SSSR count). The highest BCUT2D eigenvalue weighted by molar-refractivity contribution is 5.97. The number of carbonyl (C=O) groups excluding carboxylic acids is 3. The van der Waals surface area contributed by atoms with Crippen LogP contribution in [0, 0.1) is 25.1 Å². The van der Waals surface area contributed by atoms with Gasteiger partial charge in [0, 0.05) is 11.1 Å². The molecule has 1 aliphatic rings. The van der Waals surface area contributed by atoms with Crippen molar-refractivity contribution >= 4 is 17.7 Å². The van der Waals surface area contributed by atoms with Crippen molar-refractivity contribution in [2.24, 2.45) is 5.41 Å². The molecule has 0 spiro atoms. The molecule has 14 heteroatoms. The van der Waals surface area contributed by atoms with Crippen molar-refractivity contribution in [3.05, 3.63) is 64.5 Å². The molecular formula is C28H31F6N3O5. The molecular weight excluding hydrogens is 572 g/mol. The number of aliphatic hydroxyl groups excluding tert-OH is 1. The minimum absolute atomic E-state index is 0.0327. The van der Waals surface area contributed by atoms with Gasteiger partial charge in [-0.2, -0.15) is 13.2 Å². The number of likely N-dealkylation sites (tertiary alicyclic amines) is 1. The Bertz CT molecular complexity index is 1360. The lowest BCUT2D eigenvalue weighted by Crippen LogP contribution is -2.58. The number of amides is 3. The molecule has 0 saturated carbocycles. The predicted octanol–water partition coefficient (Wildman–Crippen LogP) is 3.40. The molecule has 1 saturated heterocycles. The van der Waals surface area contributed by atoms with E-state index in [0.29, 0.717) is 10.5 Å². The number of benzene rings is 2. The van der Waals surface area contributed by atoms with Gasteiger partial charge in [-0.3, -0.25) is 14.4 Å². The van der Waals surface area contributed by atoms with Crippen LogP contribution in [-0.4, -0.2) is 76.2 Å². The van der Waals surface area contributed by atoms with Crippen LogP contribution in [-0.2, 0) is 16.0 Å². The first-order valence-electron chi connectivity index (χ1n) is 12.8. The van der Waals surface area contributed by atoms with E-state index in [0.717, 1.165) is 26.0 Å². The van der Waals surface area contributed by atoms with Crippen molar-refractivity contribution in [1.29, 1.82) is 0 Å². The van der Waals surface area contributed by atoms with E-state index in [1.54, 1.807) is 6.92 Å². The zero-order chi connectivity index (χ0) is 31.8. The molecule has 3 amide bonds. The summed E-state index contributed by atoms with van der Waals surface area (Å²) in [5.74, 6) is -8.48. The van der Waals surface area contributed by atoms with Gasteiger partial charge in [-0.05, 0) is 55.7 Å². The van der Waals surface area contributed by atoms with E-state index in [1.807, 2.05) is 0 Å². The molecule has 8 nitrogen and oxygen atoms in total. The van der Waals surface area contributed by atoms with Gasteiger partial charge >= 0.3 is 6.18 Å². The summed E-state index contributed by atoms with van der Waals surface area (Å²) in [5, 5.41) is 25.2. The van der Waals surface area contributed by atoms with Gasteiger partial charge in [-0.15, -0.1) is 0 Å².